The number of nitrogens with one attached hydrogen (secondary N) is 3. The van der Waals surface area contributed by atoms with Crippen molar-refractivity contribution >= 4 is 39.2 Å². The Morgan fingerprint density at radius 1 is 1.00 bits per heavy atom. The van der Waals surface area contributed by atoms with Crippen LogP contribution in [0, 0.1) is 0 Å². The van der Waals surface area contributed by atoms with Gasteiger partial charge in [-0.3, -0.25) is 14.4 Å². The Kier molecular flexibility index (Phi) is 6.27. The number of imidazole rings is 1. The van der Waals surface area contributed by atoms with E-state index in [1.807, 2.05) is 6.07 Å². The molecule has 1 fully saturated rings. The molecule has 0 spiro atoms. The average molecular weight is 482 g/mol. The zero-order valence-corrected chi connectivity index (χ0v) is 18.4. The van der Waals surface area contributed by atoms with Gasteiger partial charge in [0.25, 0.3) is 11.8 Å². The molecule has 7 nitrogen and oxygen atoms in total. The maximum atomic E-state index is 13.0. The standard InChI is InChI=1S/C23H21BrN4O3/c24-16-9-10-18(17(13-16)21(29)15-7-3-1-4-8-15)27-22(30)19-20(26-14-25-19)23(31)28-11-5-2-6-12-28/h1,3-4,7-10,13-14H,2,5-6,11-12H2,(H,25,26)(H,27,30)/p+1. The Bertz CT molecular complexity index is 1120. The summed E-state index contributed by atoms with van der Waals surface area (Å²) in [6.07, 6.45) is 4.49. The van der Waals surface area contributed by atoms with Gasteiger partial charge in [-0.25, -0.2) is 9.97 Å². The number of hydrogen-bond donors (Lipinski definition) is 2. The minimum atomic E-state index is -0.494. The van der Waals surface area contributed by atoms with Crippen LogP contribution >= 0.6 is 15.9 Å². The molecule has 158 valence electrons. The Morgan fingerprint density at radius 2 is 1.74 bits per heavy atom. The molecule has 4 rings (SSSR count). The van der Waals surface area contributed by atoms with E-state index >= 15 is 0 Å². The number of carbonyl (C=O) groups is 3. The van der Waals surface area contributed by atoms with Crippen molar-refractivity contribution in [3.05, 3.63) is 81.8 Å². The molecule has 1 aliphatic rings. The molecule has 31 heavy (non-hydrogen) atoms. The van der Waals surface area contributed by atoms with Gasteiger partial charge in [-0.2, -0.15) is 0 Å². The van der Waals surface area contributed by atoms with Crippen molar-refractivity contribution < 1.29 is 19.4 Å². The number of rotatable bonds is 5. The summed E-state index contributed by atoms with van der Waals surface area (Å²) in [5.74, 6) is -0.909. The fourth-order valence-electron chi connectivity index (χ4n) is 3.67. The summed E-state index contributed by atoms with van der Waals surface area (Å²) in [5.41, 5.74) is 1.59. The van der Waals surface area contributed by atoms with E-state index in [9.17, 15) is 14.4 Å². The second kappa shape index (κ2) is 9.26. The number of nitrogens with zero attached hydrogens (tertiary/aromatic N) is 1. The van der Waals surface area contributed by atoms with E-state index in [0.29, 0.717) is 29.9 Å². The van der Waals surface area contributed by atoms with E-state index in [2.05, 4.69) is 31.2 Å². The summed E-state index contributed by atoms with van der Waals surface area (Å²) < 4.78 is 0.721. The molecule has 0 aliphatic carbocycles. The minimum Gasteiger partial charge on any atom is -0.335 e. The first kappa shape index (κ1) is 21.0. The fraction of sp³-hybridized carbons (Fsp3) is 0.217. The second-order valence-corrected chi connectivity index (χ2v) is 8.29. The molecule has 0 saturated carbocycles. The number of H-pyrrole nitrogens is 2. The van der Waals surface area contributed by atoms with Crippen molar-refractivity contribution in [2.75, 3.05) is 18.4 Å². The summed E-state index contributed by atoms with van der Waals surface area (Å²) >= 11 is 3.39. The van der Waals surface area contributed by atoms with Gasteiger partial charge < -0.3 is 10.2 Å². The van der Waals surface area contributed by atoms with Crippen LogP contribution in [0.2, 0.25) is 0 Å². The van der Waals surface area contributed by atoms with Gasteiger partial charge in [0.2, 0.25) is 17.7 Å². The second-order valence-electron chi connectivity index (χ2n) is 7.38. The van der Waals surface area contributed by atoms with Crippen LogP contribution in [0.3, 0.4) is 0 Å². The van der Waals surface area contributed by atoms with Crippen LogP contribution in [0.5, 0.6) is 0 Å². The molecule has 0 radical (unpaired) electrons. The third-order valence-corrected chi connectivity index (χ3v) is 5.77. The maximum Gasteiger partial charge on any atom is 0.300 e. The summed E-state index contributed by atoms with van der Waals surface area (Å²) in [5, 5.41) is 2.79. The van der Waals surface area contributed by atoms with Crippen molar-refractivity contribution in [1.29, 1.82) is 0 Å². The molecular weight excluding hydrogens is 460 g/mol. The zero-order chi connectivity index (χ0) is 21.8. The number of hydrogen-bond acceptors (Lipinski definition) is 3. The summed E-state index contributed by atoms with van der Waals surface area (Å²) in [6.45, 7) is 1.36. The molecule has 8 heteroatoms. The van der Waals surface area contributed by atoms with E-state index < -0.39 is 5.91 Å². The van der Waals surface area contributed by atoms with Gasteiger partial charge in [-0.1, -0.05) is 46.3 Å². The number of aromatic nitrogens is 2. The van der Waals surface area contributed by atoms with Crippen LogP contribution in [-0.4, -0.2) is 40.6 Å². The van der Waals surface area contributed by atoms with Crippen molar-refractivity contribution in [3.8, 4) is 0 Å². The first-order chi connectivity index (χ1) is 15.0. The van der Waals surface area contributed by atoms with Gasteiger partial charge in [0, 0.05) is 28.7 Å². The van der Waals surface area contributed by atoms with Gasteiger partial charge in [0.05, 0.1) is 5.69 Å². The SMILES string of the molecule is O=C(c1ccccc1)c1cc(Br)ccc1NC(=O)c1[nH+]c[nH]c1C(=O)N1CCCCC1. The van der Waals surface area contributed by atoms with Gasteiger partial charge in [0.1, 0.15) is 0 Å². The number of likely N-dealkylation sites (tertiary alicyclic amines) is 1. The molecule has 1 aromatic heterocycles. The Morgan fingerprint density at radius 3 is 2.48 bits per heavy atom. The first-order valence-electron chi connectivity index (χ1n) is 10.1. The zero-order valence-electron chi connectivity index (χ0n) is 16.8. The Hall–Kier alpha value is -3.26. The largest absolute Gasteiger partial charge is 0.335 e. The maximum absolute atomic E-state index is 13.0. The predicted molar refractivity (Wildman–Crippen MR) is 119 cm³/mol. The monoisotopic (exact) mass is 481 g/mol. The highest BCUT2D eigenvalue weighted by atomic mass is 79.9. The lowest BCUT2D eigenvalue weighted by atomic mass is 10.0. The molecule has 1 saturated heterocycles. The number of halogens is 1. The number of ketones is 1. The number of benzene rings is 2. The lowest BCUT2D eigenvalue weighted by Crippen LogP contribution is -2.37. The first-order valence-corrected chi connectivity index (χ1v) is 10.9. The van der Waals surface area contributed by atoms with Crippen LogP contribution in [0.15, 0.2) is 59.3 Å². The van der Waals surface area contributed by atoms with Gasteiger partial charge in [0.15, 0.2) is 5.78 Å². The van der Waals surface area contributed by atoms with Gasteiger partial charge >= 0.3 is 0 Å². The van der Waals surface area contributed by atoms with E-state index in [1.165, 1.54) is 6.33 Å². The van der Waals surface area contributed by atoms with Crippen molar-refractivity contribution in [2.24, 2.45) is 0 Å². The van der Waals surface area contributed by atoms with Crippen LogP contribution in [0.4, 0.5) is 5.69 Å². The normalized spacial score (nSPS) is 13.6. The number of piperidine rings is 1. The van der Waals surface area contributed by atoms with E-state index in [4.69, 9.17) is 0 Å². The molecule has 2 aromatic carbocycles. The number of aromatic amines is 2. The topological polar surface area (TPSA) is 96.4 Å². The van der Waals surface area contributed by atoms with E-state index in [0.717, 1.165) is 23.7 Å². The van der Waals surface area contributed by atoms with Crippen LogP contribution in [0.1, 0.15) is 56.2 Å². The van der Waals surface area contributed by atoms with Crippen molar-refractivity contribution in [1.82, 2.24) is 9.88 Å². The highest BCUT2D eigenvalue weighted by Crippen LogP contribution is 2.25. The lowest BCUT2D eigenvalue weighted by molar-refractivity contribution is -0.379. The van der Waals surface area contributed by atoms with Gasteiger partial charge in [-0.05, 0) is 37.5 Å². The highest BCUT2D eigenvalue weighted by molar-refractivity contribution is 9.10. The number of anilines is 1. The number of amides is 2. The quantitative estimate of drug-likeness (QED) is 0.543. The minimum absolute atomic E-state index is 0.136. The molecule has 0 atom stereocenters. The molecule has 0 unspecified atom stereocenters. The molecule has 3 aromatic rings. The summed E-state index contributed by atoms with van der Waals surface area (Å²) in [7, 11) is 0. The fourth-order valence-corrected chi connectivity index (χ4v) is 4.03. The average Bonchev–Trinajstić information content (AvgIpc) is 3.30. The smallest absolute Gasteiger partial charge is 0.300 e. The van der Waals surface area contributed by atoms with E-state index in [1.54, 1.807) is 47.4 Å². The van der Waals surface area contributed by atoms with E-state index in [-0.39, 0.29) is 23.1 Å². The predicted octanol–water partition coefficient (Wildman–Crippen LogP) is 3.70. The van der Waals surface area contributed by atoms with Crippen LogP contribution < -0.4 is 10.3 Å². The Balaban J connectivity index is 1.60. The highest BCUT2D eigenvalue weighted by Gasteiger charge is 2.30. The molecule has 2 heterocycles. The third kappa shape index (κ3) is 4.59. The van der Waals surface area contributed by atoms with Crippen LogP contribution in [0.25, 0.3) is 0 Å². The molecule has 2 amide bonds. The summed E-state index contributed by atoms with van der Waals surface area (Å²) in [6, 6.07) is 13.9. The Labute approximate surface area is 188 Å². The van der Waals surface area contributed by atoms with Crippen LogP contribution in [-0.2, 0) is 0 Å². The number of carbonyl (C=O) groups excluding carboxylic acids is 3. The molecular formula is C23H22BrN4O3+. The molecule has 0 bridgehead atoms. The molecule has 1 aliphatic heterocycles. The van der Waals surface area contributed by atoms with Gasteiger partial charge in [-0.15, -0.1) is 0 Å². The molecule has 3 N–H and O–H groups in total. The summed E-state index contributed by atoms with van der Waals surface area (Å²) in [4.78, 5) is 46.4. The van der Waals surface area contributed by atoms with Crippen molar-refractivity contribution in [2.45, 2.75) is 19.3 Å². The van der Waals surface area contributed by atoms with Crippen molar-refractivity contribution in [3.63, 3.8) is 0 Å². The third-order valence-electron chi connectivity index (χ3n) is 5.28. The lowest BCUT2D eigenvalue weighted by Gasteiger charge is -2.25.